The van der Waals surface area contributed by atoms with Gasteiger partial charge in [-0.25, -0.2) is 4.79 Å². The molecule has 3 rings (SSSR count). The number of alkyl halides is 3. The lowest BCUT2D eigenvalue weighted by atomic mass is 9.99. The highest BCUT2D eigenvalue weighted by molar-refractivity contribution is 5.89. The van der Waals surface area contributed by atoms with Crippen molar-refractivity contribution in [3.8, 4) is 5.75 Å². The van der Waals surface area contributed by atoms with Crippen molar-refractivity contribution in [2.24, 2.45) is 5.92 Å². The van der Waals surface area contributed by atoms with Crippen molar-refractivity contribution in [1.82, 2.24) is 14.7 Å². The van der Waals surface area contributed by atoms with Gasteiger partial charge in [-0.05, 0) is 25.0 Å². The second kappa shape index (κ2) is 7.67. The molecule has 0 saturated carbocycles. The van der Waals surface area contributed by atoms with Gasteiger partial charge in [0.15, 0.2) is 0 Å². The molecule has 0 aliphatic carbocycles. The number of likely N-dealkylation sites (tertiary alicyclic amines) is 1. The van der Waals surface area contributed by atoms with E-state index in [0.29, 0.717) is 19.7 Å². The number of carbonyl (C=O) groups excluding carboxylic acids is 1. The highest BCUT2D eigenvalue weighted by Crippen LogP contribution is 2.23. The highest BCUT2D eigenvalue weighted by atomic mass is 19.4. The molecule has 9 heteroatoms. The molecule has 0 radical (unpaired) electrons. The largest absolute Gasteiger partial charge is 0.504 e. The normalized spacial score (nSPS) is 17.8. The summed E-state index contributed by atoms with van der Waals surface area (Å²) in [5.41, 5.74) is 0.00924. The summed E-state index contributed by atoms with van der Waals surface area (Å²) in [6.07, 6.45) is -1.13. The Labute approximate surface area is 148 Å². The Bertz CT molecular complexity index is 733. The lowest BCUT2D eigenvalue weighted by molar-refractivity contribution is -0.212. The average molecular weight is 368 g/mol. The van der Waals surface area contributed by atoms with Crippen LogP contribution in [-0.4, -0.2) is 40.4 Å². The molecule has 2 amide bonds. The van der Waals surface area contributed by atoms with E-state index in [1.165, 1.54) is 0 Å². The lowest BCUT2D eigenvalue weighted by Crippen LogP contribution is -2.43. The third-order valence-corrected chi connectivity index (χ3v) is 4.13. The van der Waals surface area contributed by atoms with Gasteiger partial charge in [0.2, 0.25) is 0 Å². The molecule has 0 bridgehead atoms. The Morgan fingerprint density at radius 3 is 2.77 bits per heavy atom. The maximum absolute atomic E-state index is 12.5. The van der Waals surface area contributed by atoms with Gasteiger partial charge >= 0.3 is 12.3 Å². The van der Waals surface area contributed by atoms with Crippen LogP contribution in [0.4, 0.5) is 23.7 Å². The number of nitrogens with zero attached hydrogens (tertiary/aromatic N) is 3. The molecular formula is C17H19F3N4O2. The summed E-state index contributed by atoms with van der Waals surface area (Å²) < 4.78 is 43.2. The van der Waals surface area contributed by atoms with Crippen LogP contribution in [0.5, 0.6) is 5.75 Å². The molecule has 1 N–H and O–H groups in total. The first-order chi connectivity index (χ1) is 12.4. The topological polar surface area (TPSA) is 59.4 Å². The van der Waals surface area contributed by atoms with Gasteiger partial charge in [-0.3, -0.25) is 0 Å². The Morgan fingerprint density at radius 2 is 2.08 bits per heavy atom. The molecule has 1 aromatic carbocycles. The van der Waals surface area contributed by atoms with E-state index in [1.807, 2.05) is 30.3 Å². The van der Waals surface area contributed by atoms with Gasteiger partial charge in [-0.15, -0.1) is 13.2 Å². The van der Waals surface area contributed by atoms with Crippen LogP contribution in [0.15, 0.2) is 42.7 Å². The van der Waals surface area contributed by atoms with E-state index in [9.17, 15) is 18.0 Å². The summed E-state index contributed by atoms with van der Waals surface area (Å²) in [4.78, 5) is 13.9. The standard InChI is InChI=1S/C17H19F3N4O2/c18-17(19,20)24-11-14(9-21-24)22-16(25)23-8-4-5-13(10-23)12-26-15-6-2-1-3-7-15/h1-3,6-7,9,11,13H,4-5,8,10,12H2,(H,22,25). The van der Waals surface area contributed by atoms with Gasteiger partial charge in [-0.1, -0.05) is 18.2 Å². The first-order valence-corrected chi connectivity index (χ1v) is 8.27. The molecule has 2 heterocycles. The number of benzene rings is 1. The molecule has 1 unspecified atom stereocenters. The van der Waals surface area contributed by atoms with Crippen molar-refractivity contribution in [3.63, 3.8) is 0 Å². The molecular weight excluding hydrogens is 349 g/mol. The maximum atomic E-state index is 12.5. The molecule has 1 aliphatic heterocycles. The Kier molecular flexibility index (Phi) is 5.34. The zero-order chi connectivity index (χ0) is 18.6. The van der Waals surface area contributed by atoms with E-state index in [2.05, 4.69) is 10.4 Å². The number of amides is 2. The third-order valence-electron chi connectivity index (χ3n) is 4.13. The zero-order valence-corrected chi connectivity index (χ0v) is 13.9. The minimum absolute atomic E-state index is 0.00924. The van der Waals surface area contributed by atoms with Crippen LogP contribution in [0, 0.1) is 5.92 Å². The number of hydrogen-bond donors (Lipinski definition) is 1. The number of ether oxygens (including phenoxy) is 1. The predicted molar refractivity (Wildman–Crippen MR) is 88.8 cm³/mol. The van der Waals surface area contributed by atoms with Crippen molar-refractivity contribution in [2.45, 2.75) is 19.1 Å². The van der Waals surface area contributed by atoms with Crippen LogP contribution >= 0.6 is 0 Å². The third kappa shape index (κ3) is 4.68. The summed E-state index contributed by atoms with van der Waals surface area (Å²) in [5.74, 6) is 0.946. The van der Waals surface area contributed by atoms with Crippen LogP contribution in [0.3, 0.4) is 0 Å². The summed E-state index contributed by atoms with van der Waals surface area (Å²) >= 11 is 0. The van der Waals surface area contributed by atoms with E-state index in [0.717, 1.165) is 31.0 Å². The molecule has 26 heavy (non-hydrogen) atoms. The van der Waals surface area contributed by atoms with E-state index in [4.69, 9.17) is 4.74 Å². The average Bonchev–Trinajstić information content (AvgIpc) is 3.10. The van der Waals surface area contributed by atoms with Crippen molar-refractivity contribution in [1.29, 1.82) is 0 Å². The number of urea groups is 1. The molecule has 1 aromatic heterocycles. The first-order valence-electron chi connectivity index (χ1n) is 8.27. The molecule has 1 saturated heterocycles. The van der Waals surface area contributed by atoms with E-state index < -0.39 is 12.3 Å². The van der Waals surface area contributed by atoms with E-state index >= 15 is 0 Å². The number of hydrogen-bond acceptors (Lipinski definition) is 3. The lowest BCUT2D eigenvalue weighted by Gasteiger charge is -2.32. The van der Waals surface area contributed by atoms with Gasteiger partial charge in [0.05, 0.1) is 24.7 Å². The number of rotatable bonds is 4. The highest BCUT2D eigenvalue weighted by Gasteiger charge is 2.32. The molecule has 0 spiro atoms. The van der Waals surface area contributed by atoms with Gasteiger partial charge in [0.1, 0.15) is 5.75 Å². The fourth-order valence-electron chi connectivity index (χ4n) is 2.84. The number of carbonyl (C=O) groups is 1. The van der Waals surface area contributed by atoms with Gasteiger partial charge < -0.3 is 15.0 Å². The fraction of sp³-hybridized carbons (Fsp3) is 0.412. The number of para-hydroxylation sites is 1. The Balaban J connectivity index is 1.52. The first kappa shape index (κ1) is 18.1. The fourth-order valence-corrected chi connectivity index (χ4v) is 2.84. The summed E-state index contributed by atoms with van der Waals surface area (Å²) in [6, 6.07) is 8.97. The predicted octanol–water partition coefficient (Wildman–Crippen LogP) is 3.68. The molecule has 2 aromatic rings. The van der Waals surface area contributed by atoms with Crippen molar-refractivity contribution in [2.75, 3.05) is 25.0 Å². The minimum Gasteiger partial charge on any atom is -0.493 e. The molecule has 1 atom stereocenters. The Hall–Kier alpha value is -2.71. The summed E-state index contributed by atoms with van der Waals surface area (Å²) in [6.45, 7) is 1.53. The van der Waals surface area contributed by atoms with Crippen LogP contribution in [0.2, 0.25) is 0 Å². The van der Waals surface area contributed by atoms with Gasteiger partial charge in [-0.2, -0.15) is 9.78 Å². The van der Waals surface area contributed by atoms with Crippen molar-refractivity contribution < 1.29 is 22.7 Å². The van der Waals surface area contributed by atoms with Crippen LogP contribution in [0.1, 0.15) is 12.8 Å². The number of nitrogens with one attached hydrogen (secondary N) is 1. The quantitative estimate of drug-likeness (QED) is 0.896. The Morgan fingerprint density at radius 1 is 1.31 bits per heavy atom. The molecule has 1 fully saturated rings. The number of aromatic nitrogens is 2. The smallest absolute Gasteiger partial charge is 0.493 e. The van der Waals surface area contributed by atoms with Crippen molar-refractivity contribution >= 4 is 11.7 Å². The maximum Gasteiger partial charge on any atom is 0.504 e. The zero-order valence-electron chi connectivity index (χ0n) is 13.9. The summed E-state index contributed by atoms with van der Waals surface area (Å²) in [7, 11) is 0. The number of anilines is 1. The SMILES string of the molecule is O=C(Nc1cnn(C(F)(F)F)c1)N1CCCC(COc2ccccc2)C1. The van der Waals surface area contributed by atoms with E-state index in [1.54, 1.807) is 4.90 Å². The van der Waals surface area contributed by atoms with Gasteiger partial charge in [0.25, 0.3) is 0 Å². The summed E-state index contributed by atoms with van der Waals surface area (Å²) in [5, 5.41) is 5.66. The molecule has 1 aliphatic rings. The van der Waals surface area contributed by atoms with E-state index in [-0.39, 0.29) is 16.3 Å². The second-order valence-electron chi connectivity index (χ2n) is 6.15. The monoisotopic (exact) mass is 368 g/mol. The second-order valence-corrected chi connectivity index (χ2v) is 6.15. The van der Waals surface area contributed by atoms with Crippen LogP contribution in [-0.2, 0) is 6.30 Å². The van der Waals surface area contributed by atoms with Gasteiger partial charge in [0, 0.05) is 19.0 Å². The number of halogens is 3. The minimum atomic E-state index is -4.60. The molecule has 140 valence electrons. The van der Waals surface area contributed by atoms with Crippen LogP contribution < -0.4 is 10.1 Å². The van der Waals surface area contributed by atoms with Crippen LogP contribution in [0.25, 0.3) is 0 Å². The van der Waals surface area contributed by atoms with Crippen molar-refractivity contribution in [3.05, 3.63) is 42.7 Å². The molecule has 6 nitrogen and oxygen atoms in total. The number of piperidine rings is 1.